The number of aromatic nitrogens is 5. The molecule has 0 saturated carbocycles. The molecule has 4 N–H and O–H groups in total. The summed E-state index contributed by atoms with van der Waals surface area (Å²) in [5.74, 6) is 1.59. The van der Waals surface area contributed by atoms with Crippen molar-refractivity contribution in [2.75, 3.05) is 30.3 Å². The lowest BCUT2D eigenvalue weighted by Gasteiger charge is -2.35. The fraction of sp³-hybridized carbons (Fsp3) is 0.238. The molecule has 1 unspecified atom stereocenters. The molecule has 0 bridgehead atoms. The molecule has 8 heteroatoms. The molecule has 0 amide bonds. The normalized spacial score (nSPS) is 17.0. The predicted molar refractivity (Wildman–Crippen MR) is 113 cm³/mol. The maximum atomic E-state index is 6.17. The van der Waals surface area contributed by atoms with Crippen LogP contribution in [-0.2, 0) is 0 Å². The highest BCUT2D eigenvalue weighted by atomic mass is 15.3. The summed E-state index contributed by atoms with van der Waals surface area (Å²) in [5.41, 5.74) is 10.2. The van der Waals surface area contributed by atoms with Gasteiger partial charge in [0.15, 0.2) is 17.5 Å². The number of fused-ring (bicyclic) bond motifs is 1. The Morgan fingerprint density at radius 1 is 1.10 bits per heavy atom. The fourth-order valence-electron chi connectivity index (χ4n) is 3.81. The van der Waals surface area contributed by atoms with Gasteiger partial charge in [-0.05, 0) is 30.7 Å². The molecule has 3 heterocycles. The number of nitrogens with one attached hydrogen (secondary N) is 2. The molecule has 0 radical (unpaired) electrons. The first-order valence-electron chi connectivity index (χ1n) is 9.67. The van der Waals surface area contributed by atoms with Crippen molar-refractivity contribution in [2.45, 2.75) is 13.0 Å². The van der Waals surface area contributed by atoms with E-state index in [1.807, 2.05) is 31.2 Å². The summed E-state index contributed by atoms with van der Waals surface area (Å²) in [6, 6.07) is 16.6. The fourth-order valence-corrected chi connectivity index (χ4v) is 3.81. The van der Waals surface area contributed by atoms with Crippen LogP contribution < -0.4 is 16.0 Å². The number of piperazine rings is 1. The lowest BCUT2D eigenvalue weighted by atomic mass is 10.0. The van der Waals surface area contributed by atoms with Crippen molar-refractivity contribution < 1.29 is 0 Å². The van der Waals surface area contributed by atoms with Crippen LogP contribution in [0.25, 0.3) is 22.3 Å². The Hall–Kier alpha value is -3.52. The number of nitrogens with two attached hydrogens (primary N) is 1. The van der Waals surface area contributed by atoms with Gasteiger partial charge in [0.1, 0.15) is 0 Å². The quantitative estimate of drug-likeness (QED) is 0.496. The van der Waals surface area contributed by atoms with Gasteiger partial charge in [-0.1, -0.05) is 30.3 Å². The standard InChI is InChI=1S/C21H22N8/c1-13-16-11-15(7-8-17(16)26-25-13)20-24-21(19(22)27-28-20)29-10-9-23-18(12-29)14-5-3-2-4-6-14/h2-8,11,18,23H,9-10,12H2,1H3,(H2,22,27)(H,25,26). The van der Waals surface area contributed by atoms with Crippen molar-refractivity contribution in [3.8, 4) is 11.4 Å². The summed E-state index contributed by atoms with van der Waals surface area (Å²) < 4.78 is 0. The first-order chi connectivity index (χ1) is 14.2. The molecule has 146 valence electrons. The van der Waals surface area contributed by atoms with Gasteiger partial charge >= 0.3 is 0 Å². The highest BCUT2D eigenvalue weighted by molar-refractivity contribution is 5.85. The third-order valence-corrected chi connectivity index (χ3v) is 5.37. The second-order valence-electron chi connectivity index (χ2n) is 7.29. The number of aromatic amines is 1. The minimum Gasteiger partial charge on any atom is -0.379 e. The SMILES string of the molecule is Cc1[nH]nc2ccc(-c3nnc(N)c(N4CCNC(c5ccccc5)C4)n3)cc12. The number of nitrogen functional groups attached to an aromatic ring is 1. The molecule has 0 aliphatic carbocycles. The number of hydrogen-bond acceptors (Lipinski definition) is 7. The van der Waals surface area contributed by atoms with Crippen LogP contribution >= 0.6 is 0 Å². The van der Waals surface area contributed by atoms with Crippen LogP contribution in [0.4, 0.5) is 11.6 Å². The second-order valence-corrected chi connectivity index (χ2v) is 7.29. The van der Waals surface area contributed by atoms with Crippen LogP contribution in [0, 0.1) is 6.92 Å². The highest BCUT2D eigenvalue weighted by Crippen LogP contribution is 2.28. The van der Waals surface area contributed by atoms with Crippen molar-refractivity contribution in [1.29, 1.82) is 0 Å². The Morgan fingerprint density at radius 3 is 2.83 bits per heavy atom. The predicted octanol–water partition coefficient (Wildman–Crippen LogP) is 2.46. The Morgan fingerprint density at radius 2 is 1.97 bits per heavy atom. The van der Waals surface area contributed by atoms with E-state index >= 15 is 0 Å². The number of hydrogen-bond donors (Lipinski definition) is 3. The molecule has 4 aromatic rings. The molecule has 1 fully saturated rings. The number of aryl methyl sites for hydroxylation is 1. The average molecular weight is 386 g/mol. The molecule has 8 nitrogen and oxygen atoms in total. The zero-order valence-electron chi connectivity index (χ0n) is 16.1. The van der Waals surface area contributed by atoms with E-state index in [1.165, 1.54) is 5.56 Å². The largest absolute Gasteiger partial charge is 0.379 e. The van der Waals surface area contributed by atoms with Crippen molar-refractivity contribution in [1.82, 2.24) is 30.7 Å². The number of H-pyrrole nitrogens is 1. The van der Waals surface area contributed by atoms with Gasteiger partial charge in [0.05, 0.1) is 5.52 Å². The topological polar surface area (TPSA) is 109 Å². The van der Waals surface area contributed by atoms with Gasteiger partial charge < -0.3 is 16.0 Å². The summed E-state index contributed by atoms with van der Waals surface area (Å²) in [4.78, 5) is 6.97. The van der Waals surface area contributed by atoms with Gasteiger partial charge in [-0.25, -0.2) is 4.98 Å². The van der Waals surface area contributed by atoms with E-state index < -0.39 is 0 Å². The molecule has 1 aliphatic rings. The van der Waals surface area contributed by atoms with E-state index in [4.69, 9.17) is 10.7 Å². The Kier molecular flexibility index (Phi) is 4.33. The Bertz CT molecular complexity index is 1150. The van der Waals surface area contributed by atoms with Crippen molar-refractivity contribution >= 4 is 22.5 Å². The summed E-state index contributed by atoms with van der Waals surface area (Å²) in [5, 5.41) is 20.3. The zero-order chi connectivity index (χ0) is 19.8. The van der Waals surface area contributed by atoms with Gasteiger partial charge in [-0.15, -0.1) is 10.2 Å². The third kappa shape index (κ3) is 3.27. The number of nitrogens with zero attached hydrogens (tertiary/aromatic N) is 5. The average Bonchev–Trinajstić information content (AvgIpc) is 3.15. The molecule has 2 aromatic heterocycles. The summed E-state index contributed by atoms with van der Waals surface area (Å²) in [7, 11) is 0. The monoisotopic (exact) mass is 386 g/mol. The second kappa shape index (κ2) is 7.14. The van der Waals surface area contributed by atoms with Crippen LogP contribution in [0.2, 0.25) is 0 Å². The number of benzene rings is 2. The van der Waals surface area contributed by atoms with Crippen LogP contribution in [0.1, 0.15) is 17.3 Å². The number of anilines is 2. The molecule has 2 aromatic carbocycles. The van der Waals surface area contributed by atoms with Gasteiger partial charge in [-0.3, -0.25) is 5.10 Å². The van der Waals surface area contributed by atoms with Gasteiger partial charge in [0.2, 0.25) is 0 Å². The van der Waals surface area contributed by atoms with Crippen LogP contribution in [0.3, 0.4) is 0 Å². The van der Waals surface area contributed by atoms with Crippen molar-refractivity contribution in [3.05, 3.63) is 59.8 Å². The maximum absolute atomic E-state index is 6.17. The van der Waals surface area contributed by atoms with Gasteiger partial charge in [0, 0.05) is 42.3 Å². The summed E-state index contributed by atoms with van der Waals surface area (Å²) >= 11 is 0. The van der Waals surface area contributed by atoms with E-state index in [0.717, 1.165) is 41.8 Å². The van der Waals surface area contributed by atoms with Crippen molar-refractivity contribution in [3.63, 3.8) is 0 Å². The number of rotatable bonds is 3. The third-order valence-electron chi connectivity index (χ3n) is 5.37. The first-order valence-corrected chi connectivity index (χ1v) is 9.67. The minimum atomic E-state index is 0.215. The van der Waals surface area contributed by atoms with E-state index in [-0.39, 0.29) is 6.04 Å². The summed E-state index contributed by atoms with van der Waals surface area (Å²) in [6.07, 6.45) is 0. The Balaban J connectivity index is 1.48. The van der Waals surface area contributed by atoms with E-state index in [1.54, 1.807) is 0 Å². The van der Waals surface area contributed by atoms with Crippen molar-refractivity contribution in [2.24, 2.45) is 0 Å². The minimum absolute atomic E-state index is 0.215. The maximum Gasteiger partial charge on any atom is 0.189 e. The molecule has 1 saturated heterocycles. The molecule has 1 aliphatic heterocycles. The lowest BCUT2D eigenvalue weighted by Crippen LogP contribution is -2.46. The van der Waals surface area contributed by atoms with E-state index in [0.29, 0.717) is 17.5 Å². The van der Waals surface area contributed by atoms with Crippen LogP contribution in [0.15, 0.2) is 48.5 Å². The van der Waals surface area contributed by atoms with E-state index in [9.17, 15) is 0 Å². The first kappa shape index (κ1) is 17.6. The highest BCUT2D eigenvalue weighted by Gasteiger charge is 2.24. The smallest absolute Gasteiger partial charge is 0.189 e. The van der Waals surface area contributed by atoms with Gasteiger partial charge in [-0.2, -0.15) is 5.10 Å². The van der Waals surface area contributed by atoms with Crippen LogP contribution in [-0.4, -0.2) is 45.0 Å². The van der Waals surface area contributed by atoms with E-state index in [2.05, 4.69) is 54.9 Å². The molecule has 29 heavy (non-hydrogen) atoms. The molecular weight excluding hydrogens is 364 g/mol. The van der Waals surface area contributed by atoms with Crippen LogP contribution in [0.5, 0.6) is 0 Å². The molecular formula is C21H22N8. The molecule has 5 rings (SSSR count). The molecule has 1 atom stereocenters. The molecule has 0 spiro atoms. The van der Waals surface area contributed by atoms with Gasteiger partial charge in [0.25, 0.3) is 0 Å². The zero-order valence-corrected chi connectivity index (χ0v) is 16.1. The Labute approximate surface area is 168 Å². The lowest BCUT2D eigenvalue weighted by molar-refractivity contribution is 0.469. The summed E-state index contributed by atoms with van der Waals surface area (Å²) in [6.45, 7) is 4.42.